The number of benzene rings is 3. The molecule has 1 N–H and O–H groups in total. The summed E-state index contributed by atoms with van der Waals surface area (Å²) in [5, 5.41) is 4.10. The molecule has 0 radical (unpaired) electrons. The van der Waals surface area contributed by atoms with Gasteiger partial charge in [-0.1, -0.05) is 68.4 Å². The van der Waals surface area contributed by atoms with Gasteiger partial charge in [-0.2, -0.15) is 4.31 Å². The summed E-state index contributed by atoms with van der Waals surface area (Å²) < 4.78 is 33.3. The number of fused-ring (bicyclic) bond motifs is 1. The monoisotopic (exact) mass is 573 g/mol. The predicted octanol–water partition coefficient (Wildman–Crippen LogP) is 4.41. The molecule has 0 amide bonds. The molecule has 9 nitrogen and oxygen atoms in total. The lowest BCUT2D eigenvalue weighted by atomic mass is 10.0. The van der Waals surface area contributed by atoms with Crippen LogP contribution < -0.4 is 5.32 Å². The fraction of sp³-hybridized carbons (Fsp3) is 0.323. The van der Waals surface area contributed by atoms with E-state index < -0.39 is 16.1 Å². The normalized spacial score (nSPS) is 15.6. The van der Waals surface area contributed by atoms with Gasteiger partial charge in [-0.3, -0.25) is 4.90 Å². The molecule has 10 heteroatoms. The second kappa shape index (κ2) is 12.3. The zero-order valence-electron chi connectivity index (χ0n) is 23.5. The van der Waals surface area contributed by atoms with Crippen molar-refractivity contribution in [3.8, 4) is 11.1 Å². The van der Waals surface area contributed by atoms with Crippen molar-refractivity contribution >= 4 is 32.7 Å². The van der Waals surface area contributed by atoms with Gasteiger partial charge in [-0.05, 0) is 41.3 Å². The molecule has 0 spiro atoms. The van der Waals surface area contributed by atoms with Crippen molar-refractivity contribution in [2.75, 3.05) is 38.6 Å². The third kappa shape index (κ3) is 6.40. The van der Waals surface area contributed by atoms with Crippen molar-refractivity contribution in [1.82, 2.24) is 19.2 Å². The highest BCUT2D eigenvalue weighted by Gasteiger charge is 2.29. The summed E-state index contributed by atoms with van der Waals surface area (Å²) in [4.78, 5) is 24.4. The number of rotatable bonds is 9. The Morgan fingerprint density at radius 2 is 1.51 bits per heavy atom. The maximum atomic E-state index is 13.4. The Labute approximate surface area is 241 Å². The van der Waals surface area contributed by atoms with Crippen molar-refractivity contribution in [1.29, 1.82) is 0 Å². The molecule has 0 saturated carbocycles. The lowest BCUT2D eigenvalue weighted by molar-refractivity contribution is -0.142. The SMILES string of the molecule is COC(=O)[C@@H](Nc1nc(CN2CCN(S(=O)(=O)c3ccc(-c4ccccc4)cc3)CC2)nc2ccccc12)C(C)C. The predicted molar refractivity (Wildman–Crippen MR) is 160 cm³/mol. The van der Waals surface area contributed by atoms with Crippen LogP contribution >= 0.6 is 0 Å². The Morgan fingerprint density at radius 1 is 0.878 bits per heavy atom. The van der Waals surface area contributed by atoms with E-state index >= 15 is 0 Å². The molecule has 1 aliphatic heterocycles. The summed E-state index contributed by atoms with van der Waals surface area (Å²) in [6.45, 7) is 6.21. The quantitative estimate of drug-likeness (QED) is 0.294. The summed E-state index contributed by atoms with van der Waals surface area (Å²) in [6, 6.07) is 24.1. The van der Waals surface area contributed by atoms with Crippen molar-refractivity contribution in [2.45, 2.75) is 31.3 Å². The Hall–Kier alpha value is -3.86. The van der Waals surface area contributed by atoms with E-state index in [0.717, 1.165) is 22.0 Å². The van der Waals surface area contributed by atoms with Crippen LogP contribution in [-0.2, 0) is 26.1 Å². The molecule has 1 aromatic heterocycles. The van der Waals surface area contributed by atoms with Crippen LogP contribution in [0.15, 0.2) is 83.8 Å². The largest absolute Gasteiger partial charge is 0.467 e. The number of aromatic nitrogens is 2. The third-order valence-corrected chi connectivity index (χ3v) is 9.27. The number of sulfonamides is 1. The molecule has 3 aromatic carbocycles. The van der Waals surface area contributed by atoms with Gasteiger partial charge in [-0.25, -0.2) is 23.2 Å². The van der Waals surface area contributed by atoms with Crippen LogP contribution in [-0.4, -0.2) is 72.9 Å². The van der Waals surface area contributed by atoms with Crippen molar-refractivity contribution in [3.63, 3.8) is 0 Å². The van der Waals surface area contributed by atoms with Gasteiger partial charge in [0, 0.05) is 31.6 Å². The highest BCUT2D eigenvalue weighted by molar-refractivity contribution is 7.89. The van der Waals surface area contributed by atoms with Crippen LogP contribution in [0.4, 0.5) is 5.82 Å². The Kier molecular flexibility index (Phi) is 8.63. The Morgan fingerprint density at radius 3 is 2.17 bits per heavy atom. The van der Waals surface area contributed by atoms with Crippen LogP contribution in [0.3, 0.4) is 0 Å². The first-order chi connectivity index (χ1) is 19.8. The lowest BCUT2D eigenvalue weighted by Crippen LogP contribution is -2.48. The summed E-state index contributed by atoms with van der Waals surface area (Å²) >= 11 is 0. The molecular formula is C31H35N5O4S. The minimum Gasteiger partial charge on any atom is -0.467 e. The van der Waals surface area contributed by atoms with E-state index in [-0.39, 0.29) is 11.9 Å². The van der Waals surface area contributed by atoms with E-state index in [1.807, 2.05) is 80.6 Å². The number of nitrogens with zero attached hydrogens (tertiary/aromatic N) is 4. The maximum Gasteiger partial charge on any atom is 0.328 e. The minimum absolute atomic E-state index is 0.0100. The molecule has 4 aromatic rings. The molecule has 2 heterocycles. The van der Waals surface area contributed by atoms with E-state index in [9.17, 15) is 13.2 Å². The van der Waals surface area contributed by atoms with Gasteiger partial charge >= 0.3 is 5.97 Å². The zero-order chi connectivity index (χ0) is 29.0. The van der Waals surface area contributed by atoms with Crippen LogP contribution in [0.1, 0.15) is 19.7 Å². The van der Waals surface area contributed by atoms with Crippen molar-refractivity contribution in [2.24, 2.45) is 5.92 Å². The smallest absolute Gasteiger partial charge is 0.328 e. The maximum absolute atomic E-state index is 13.4. The fourth-order valence-electron chi connectivity index (χ4n) is 5.00. The first-order valence-corrected chi connectivity index (χ1v) is 15.2. The number of hydrogen-bond donors (Lipinski definition) is 1. The molecule has 0 bridgehead atoms. The summed E-state index contributed by atoms with van der Waals surface area (Å²) in [6.07, 6.45) is 0. The molecule has 1 aliphatic rings. The number of carbonyl (C=O) groups is 1. The number of esters is 1. The topological polar surface area (TPSA) is 105 Å². The van der Waals surface area contributed by atoms with Crippen LogP contribution in [0.5, 0.6) is 0 Å². The van der Waals surface area contributed by atoms with Gasteiger partial charge in [0.25, 0.3) is 0 Å². The number of hydrogen-bond acceptors (Lipinski definition) is 8. The van der Waals surface area contributed by atoms with Crippen LogP contribution in [0, 0.1) is 5.92 Å². The Bertz CT molecular complexity index is 1600. The van der Waals surface area contributed by atoms with Gasteiger partial charge < -0.3 is 10.1 Å². The fourth-order valence-corrected chi connectivity index (χ4v) is 6.43. The molecule has 1 saturated heterocycles. The van der Waals surface area contributed by atoms with E-state index in [1.54, 1.807) is 16.4 Å². The molecular weight excluding hydrogens is 538 g/mol. The number of anilines is 1. The standard InChI is InChI=1S/C31H35N5O4S/c1-22(2)29(31(37)40-3)34-30-26-11-7-8-12-27(26)32-28(33-30)21-35-17-19-36(20-18-35)41(38,39)25-15-13-24(14-16-25)23-9-5-4-6-10-23/h4-16,22,29H,17-21H2,1-3H3,(H,32,33,34)/t29-/m0/s1. The summed E-state index contributed by atoms with van der Waals surface area (Å²) in [5.41, 5.74) is 2.79. The highest BCUT2D eigenvalue weighted by Crippen LogP contribution is 2.25. The third-order valence-electron chi connectivity index (χ3n) is 7.36. The van der Waals surface area contributed by atoms with E-state index in [2.05, 4.69) is 10.2 Å². The van der Waals surface area contributed by atoms with Gasteiger partial charge in [0.2, 0.25) is 10.0 Å². The van der Waals surface area contributed by atoms with E-state index in [0.29, 0.717) is 49.3 Å². The molecule has 0 unspecified atom stereocenters. The summed E-state index contributed by atoms with van der Waals surface area (Å²) in [5.74, 6) is 0.821. The first-order valence-electron chi connectivity index (χ1n) is 13.7. The van der Waals surface area contributed by atoms with Gasteiger partial charge in [0.1, 0.15) is 17.7 Å². The van der Waals surface area contributed by atoms with Gasteiger partial charge in [0.15, 0.2) is 0 Å². The molecule has 1 fully saturated rings. The number of carbonyl (C=O) groups excluding carboxylic acids is 1. The average Bonchev–Trinajstić information content (AvgIpc) is 3.00. The number of ether oxygens (including phenoxy) is 1. The van der Waals surface area contributed by atoms with Crippen molar-refractivity contribution in [3.05, 3.63) is 84.7 Å². The Balaban J connectivity index is 1.28. The molecule has 41 heavy (non-hydrogen) atoms. The number of methoxy groups -OCH3 is 1. The molecule has 214 valence electrons. The molecule has 5 rings (SSSR count). The second-order valence-corrected chi connectivity index (χ2v) is 12.4. The van der Waals surface area contributed by atoms with E-state index in [1.165, 1.54) is 7.11 Å². The highest BCUT2D eigenvalue weighted by atomic mass is 32.2. The van der Waals surface area contributed by atoms with Crippen LogP contribution in [0.2, 0.25) is 0 Å². The number of nitrogens with one attached hydrogen (secondary N) is 1. The van der Waals surface area contributed by atoms with Crippen molar-refractivity contribution < 1.29 is 17.9 Å². The first kappa shape index (κ1) is 28.7. The van der Waals surface area contributed by atoms with Crippen LogP contribution in [0.25, 0.3) is 22.0 Å². The lowest BCUT2D eigenvalue weighted by Gasteiger charge is -2.33. The second-order valence-electron chi connectivity index (χ2n) is 10.5. The number of para-hydroxylation sites is 1. The minimum atomic E-state index is -3.60. The summed E-state index contributed by atoms with van der Waals surface area (Å²) in [7, 11) is -2.23. The van der Waals surface area contributed by atoms with Gasteiger partial charge in [-0.15, -0.1) is 0 Å². The number of piperazine rings is 1. The molecule has 1 atom stereocenters. The average molecular weight is 574 g/mol. The van der Waals surface area contributed by atoms with E-state index in [4.69, 9.17) is 14.7 Å². The van der Waals surface area contributed by atoms with Gasteiger partial charge in [0.05, 0.1) is 24.1 Å². The molecule has 0 aliphatic carbocycles. The zero-order valence-corrected chi connectivity index (χ0v) is 24.3.